The van der Waals surface area contributed by atoms with E-state index >= 15 is 0 Å². The maximum Gasteiger partial charge on any atom is 0.137 e. The van der Waals surface area contributed by atoms with E-state index in [0.717, 1.165) is 5.56 Å². The van der Waals surface area contributed by atoms with E-state index in [2.05, 4.69) is 16.7 Å². The molecular formula is C18H16FN3O. The summed E-state index contributed by atoms with van der Waals surface area (Å²) >= 11 is 0. The topological polar surface area (TPSA) is 50.9 Å². The summed E-state index contributed by atoms with van der Waals surface area (Å²) in [5, 5.41) is 15.4. The monoisotopic (exact) mass is 309 g/mol. The highest BCUT2D eigenvalue weighted by atomic mass is 19.1. The van der Waals surface area contributed by atoms with E-state index < -0.39 is 5.60 Å². The lowest BCUT2D eigenvalue weighted by molar-refractivity contribution is 0.0765. The van der Waals surface area contributed by atoms with Crippen molar-refractivity contribution in [3.8, 4) is 0 Å². The number of rotatable bonds is 5. The zero-order chi connectivity index (χ0) is 16.3. The molecule has 3 rings (SSSR count). The van der Waals surface area contributed by atoms with Crippen LogP contribution < -0.4 is 0 Å². The Labute approximate surface area is 133 Å². The third kappa shape index (κ3) is 3.05. The van der Waals surface area contributed by atoms with Gasteiger partial charge in [0.25, 0.3) is 0 Å². The molecule has 0 saturated heterocycles. The van der Waals surface area contributed by atoms with Crippen LogP contribution in [0, 0.1) is 5.82 Å². The minimum absolute atomic E-state index is 0.131. The maximum atomic E-state index is 13.2. The van der Waals surface area contributed by atoms with Gasteiger partial charge in [0, 0.05) is 0 Å². The van der Waals surface area contributed by atoms with Crippen molar-refractivity contribution in [2.45, 2.75) is 12.1 Å². The molecule has 1 N–H and O–H groups in total. The maximum absolute atomic E-state index is 13.2. The van der Waals surface area contributed by atoms with Gasteiger partial charge in [-0.05, 0) is 28.8 Å². The van der Waals surface area contributed by atoms with Crippen LogP contribution in [0.2, 0.25) is 0 Å². The SMILES string of the molecule is C=C(c1ccccc1)C(O)(Cn1cncn1)c1ccc(F)cc1. The fraction of sp³-hybridized carbons (Fsp3) is 0.111. The normalized spacial score (nSPS) is 13.5. The molecule has 1 unspecified atom stereocenters. The fourth-order valence-corrected chi connectivity index (χ4v) is 2.51. The Morgan fingerprint density at radius 3 is 2.43 bits per heavy atom. The molecule has 5 heteroatoms. The summed E-state index contributed by atoms with van der Waals surface area (Å²) in [5.41, 5.74) is 0.436. The van der Waals surface area contributed by atoms with Crippen molar-refractivity contribution in [1.82, 2.24) is 14.8 Å². The summed E-state index contributed by atoms with van der Waals surface area (Å²) in [6.07, 6.45) is 2.92. The Kier molecular flexibility index (Phi) is 4.04. The first-order valence-electron chi connectivity index (χ1n) is 7.15. The predicted octanol–water partition coefficient (Wildman–Crippen LogP) is 3.02. The first kappa shape index (κ1) is 15.1. The van der Waals surface area contributed by atoms with Gasteiger partial charge in [-0.15, -0.1) is 0 Å². The third-order valence-corrected chi connectivity index (χ3v) is 3.80. The first-order chi connectivity index (χ1) is 11.1. The second-order valence-electron chi connectivity index (χ2n) is 5.30. The number of aromatic nitrogens is 3. The molecule has 0 bridgehead atoms. The van der Waals surface area contributed by atoms with Crippen LogP contribution in [0.15, 0.2) is 73.8 Å². The van der Waals surface area contributed by atoms with Crippen LogP contribution in [0.4, 0.5) is 4.39 Å². The highest BCUT2D eigenvalue weighted by molar-refractivity contribution is 5.71. The van der Waals surface area contributed by atoms with E-state index in [0.29, 0.717) is 11.1 Å². The molecule has 4 nitrogen and oxygen atoms in total. The van der Waals surface area contributed by atoms with Gasteiger partial charge in [0.1, 0.15) is 24.1 Å². The van der Waals surface area contributed by atoms with Crippen molar-refractivity contribution < 1.29 is 9.50 Å². The summed E-state index contributed by atoms with van der Waals surface area (Å²) in [7, 11) is 0. The summed E-state index contributed by atoms with van der Waals surface area (Å²) in [6.45, 7) is 4.20. The molecule has 0 fully saturated rings. The molecule has 0 saturated carbocycles. The van der Waals surface area contributed by atoms with Crippen LogP contribution in [-0.4, -0.2) is 19.9 Å². The van der Waals surface area contributed by atoms with E-state index in [1.807, 2.05) is 30.3 Å². The molecule has 2 aromatic carbocycles. The molecular weight excluding hydrogens is 293 g/mol. The van der Waals surface area contributed by atoms with Gasteiger partial charge >= 0.3 is 0 Å². The number of nitrogens with zero attached hydrogens (tertiary/aromatic N) is 3. The molecule has 23 heavy (non-hydrogen) atoms. The molecule has 3 aromatic rings. The van der Waals surface area contributed by atoms with E-state index in [9.17, 15) is 9.50 Å². The van der Waals surface area contributed by atoms with E-state index in [-0.39, 0.29) is 12.4 Å². The van der Waals surface area contributed by atoms with Crippen LogP contribution in [0.1, 0.15) is 11.1 Å². The van der Waals surface area contributed by atoms with Crippen molar-refractivity contribution in [1.29, 1.82) is 0 Å². The number of benzene rings is 2. The van der Waals surface area contributed by atoms with Crippen molar-refractivity contribution in [3.05, 3.63) is 90.8 Å². The van der Waals surface area contributed by atoms with Gasteiger partial charge in [0.15, 0.2) is 0 Å². The highest BCUT2D eigenvalue weighted by Crippen LogP contribution is 2.36. The van der Waals surface area contributed by atoms with E-state index in [1.165, 1.54) is 29.5 Å². The summed E-state index contributed by atoms with van der Waals surface area (Å²) in [4.78, 5) is 3.90. The predicted molar refractivity (Wildman–Crippen MR) is 85.8 cm³/mol. The molecule has 1 aromatic heterocycles. The molecule has 0 aliphatic rings. The average molecular weight is 309 g/mol. The Morgan fingerprint density at radius 2 is 1.83 bits per heavy atom. The molecule has 0 aliphatic heterocycles. The standard InChI is InChI=1S/C18H16FN3O/c1-14(15-5-3-2-4-6-15)18(23,11-22-13-20-12-21-22)16-7-9-17(19)10-8-16/h2-10,12-13,23H,1,11H2. The van der Waals surface area contributed by atoms with Gasteiger partial charge in [0.05, 0.1) is 6.54 Å². The van der Waals surface area contributed by atoms with Crippen LogP contribution in [-0.2, 0) is 12.1 Å². The van der Waals surface area contributed by atoms with E-state index in [1.54, 1.807) is 12.1 Å². The van der Waals surface area contributed by atoms with E-state index in [4.69, 9.17) is 0 Å². The minimum atomic E-state index is -1.43. The molecule has 0 amide bonds. The Balaban J connectivity index is 2.05. The molecule has 1 heterocycles. The number of hydrogen-bond acceptors (Lipinski definition) is 3. The van der Waals surface area contributed by atoms with Gasteiger partial charge < -0.3 is 5.11 Å². The number of hydrogen-bond donors (Lipinski definition) is 1. The number of halogens is 1. The van der Waals surface area contributed by atoms with Crippen LogP contribution >= 0.6 is 0 Å². The van der Waals surface area contributed by atoms with Gasteiger partial charge in [-0.1, -0.05) is 49.0 Å². The van der Waals surface area contributed by atoms with Crippen LogP contribution in [0.5, 0.6) is 0 Å². The molecule has 0 aliphatic carbocycles. The van der Waals surface area contributed by atoms with Crippen molar-refractivity contribution in [2.75, 3.05) is 0 Å². The smallest absolute Gasteiger partial charge is 0.137 e. The van der Waals surface area contributed by atoms with Crippen molar-refractivity contribution in [3.63, 3.8) is 0 Å². The van der Waals surface area contributed by atoms with Crippen LogP contribution in [0.3, 0.4) is 0 Å². The Hall–Kier alpha value is -2.79. The van der Waals surface area contributed by atoms with Gasteiger partial charge in [-0.25, -0.2) is 14.1 Å². The Morgan fingerprint density at radius 1 is 1.13 bits per heavy atom. The number of aliphatic hydroxyl groups is 1. The summed E-state index contributed by atoms with van der Waals surface area (Å²) < 4.78 is 14.8. The molecule has 116 valence electrons. The second-order valence-corrected chi connectivity index (χ2v) is 5.30. The lowest BCUT2D eigenvalue weighted by atomic mass is 9.83. The summed E-state index contributed by atoms with van der Waals surface area (Å²) in [6, 6.07) is 15.1. The Bertz CT molecular complexity index is 785. The lowest BCUT2D eigenvalue weighted by Crippen LogP contribution is -2.33. The second kappa shape index (κ2) is 6.14. The summed E-state index contributed by atoms with van der Waals surface area (Å²) in [5.74, 6) is -0.359. The van der Waals surface area contributed by atoms with Gasteiger partial charge in [0.2, 0.25) is 0 Å². The molecule has 0 radical (unpaired) electrons. The fourth-order valence-electron chi connectivity index (χ4n) is 2.51. The lowest BCUT2D eigenvalue weighted by Gasteiger charge is -2.31. The average Bonchev–Trinajstić information content (AvgIpc) is 3.08. The van der Waals surface area contributed by atoms with Gasteiger partial charge in [-0.2, -0.15) is 5.10 Å². The van der Waals surface area contributed by atoms with Crippen LogP contribution in [0.25, 0.3) is 5.57 Å². The zero-order valence-electron chi connectivity index (χ0n) is 12.4. The molecule has 0 spiro atoms. The first-order valence-corrected chi connectivity index (χ1v) is 7.15. The third-order valence-electron chi connectivity index (χ3n) is 3.80. The highest BCUT2D eigenvalue weighted by Gasteiger charge is 2.34. The van der Waals surface area contributed by atoms with Crippen molar-refractivity contribution in [2.24, 2.45) is 0 Å². The minimum Gasteiger partial charge on any atom is -0.378 e. The molecule has 1 atom stereocenters. The van der Waals surface area contributed by atoms with Gasteiger partial charge in [-0.3, -0.25) is 0 Å². The quantitative estimate of drug-likeness (QED) is 0.788. The van der Waals surface area contributed by atoms with Crippen molar-refractivity contribution >= 4 is 5.57 Å². The largest absolute Gasteiger partial charge is 0.378 e. The zero-order valence-corrected chi connectivity index (χ0v) is 12.4.